The maximum absolute atomic E-state index is 5.85. The summed E-state index contributed by atoms with van der Waals surface area (Å²) < 4.78 is 11.0. The number of rotatable bonds is 8. The van der Waals surface area contributed by atoms with Crippen LogP contribution in [0.25, 0.3) is 0 Å². The monoisotopic (exact) mass is 332 g/mol. The third-order valence-corrected chi connectivity index (χ3v) is 3.40. The molecular formula is C18H21ClN2O2. The third kappa shape index (κ3) is 5.49. The van der Waals surface area contributed by atoms with E-state index in [0.29, 0.717) is 18.9 Å². The van der Waals surface area contributed by atoms with E-state index < -0.39 is 0 Å². The highest BCUT2D eigenvalue weighted by molar-refractivity contribution is 6.30. The summed E-state index contributed by atoms with van der Waals surface area (Å²) in [7, 11) is 1.63. The first kappa shape index (κ1) is 17.2. The van der Waals surface area contributed by atoms with E-state index in [-0.39, 0.29) is 0 Å². The van der Waals surface area contributed by atoms with Crippen LogP contribution in [0.15, 0.2) is 47.6 Å². The lowest BCUT2D eigenvalue weighted by atomic mass is 10.2. The zero-order chi connectivity index (χ0) is 16.5. The molecule has 122 valence electrons. The topological polar surface area (TPSA) is 42.8 Å². The highest BCUT2D eigenvalue weighted by Crippen LogP contribution is 2.27. The molecule has 0 aliphatic rings. The molecule has 0 unspecified atom stereocenters. The second-order valence-corrected chi connectivity index (χ2v) is 5.41. The van der Waals surface area contributed by atoms with Crippen molar-refractivity contribution in [3.63, 3.8) is 0 Å². The Balaban J connectivity index is 1.92. The minimum Gasteiger partial charge on any atom is -0.493 e. The van der Waals surface area contributed by atoms with Crippen molar-refractivity contribution < 1.29 is 9.47 Å². The van der Waals surface area contributed by atoms with Gasteiger partial charge in [-0.2, -0.15) is 5.10 Å². The molecule has 4 nitrogen and oxygen atoms in total. The van der Waals surface area contributed by atoms with E-state index in [9.17, 15) is 0 Å². The molecule has 23 heavy (non-hydrogen) atoms. The van der Waals surface area contributed by atoms with E-state index in [1.54, 1.807) is 13.3 Å². The summed E-state index contributed by atoms with van der Waals surface area (Å²) in [5, 5.41) is 4.95. The smallest absolute Gasteiger partial charge is 0.161 e. The second-order valence-electron chi connectivity index (χ2n) is 4.98. The molecule has 0 fully saturated rings. The summed E-state index contributed by atoms with van der Waals surface area (Å²) in [4.78, 5) is 0. The maximum Gasteiger partial charge on any atom is 0.161 e. The van der Waals surface area contributed by atoms with Crippen LogP contribution in [0.4, 0.5) is 0 Å². The van der Waals surface area contributed by atoms with Gasteiger partial charge in [-0.3, -0.25) is 0 Å². The predicted octanol–water partition coefficient (Wildman–Crippen LogP) is 4.26. The molecule has 5 heteroatoms. The van der Waals surface area contributed by atoms with E-state index in [1.807, 2.05) is 42.5 Å². The molecule has 0 spiro atoms. The number of benzene rings is 2. The second kappa shape index (κ2) is 9.06. The van der Waals surface area contributed by atoms with Gasteiger partial charge in [-0.05, 0) is 47.9 Å². The average Bonchev–Trinajstić information content (AvgIpc) is 2.58. The zero-order valence-electron chi connectivity index (χ0n) is 13.4. The first-order valence-corrected chi connectivity index (χ1v) is 7.92. The molecule has 0 aliphatic heterocycles. The largest absolute Gasteiger partial charge is 0.493 e. The minimum absolute atomic E-state index is 0.641. The van der Waals surface area contributed by atoms with Gasteiger partial charge in [0.15, 0.2) is 11.5 Å². The molecule has 2 aromatic carbocycles. The van der Waals surface area contributed by atoms with Gasteiger partial charge < -0.3 is 14.9 Å². The minimum atomic E-state index is 0.641. The Hall–Kier alpha value is -2.20. The Morgan fingerprint density at radius 1 is 1.13 bits per heavy atom. The summed E-state index contributed by atoms with van der Waals surface area (Å²) in [6, 6.07) is 13.4. The van der Waals surface area contributed by atoms with Gasteiger partial charge in [-0.25, -0.2) is 0 Å². The van der Waals surface area contributed by atoms with Crippen molar-refractivity contribution in [3.05, 3.63) is 58.6 Å². The van der Waals surface area contributed by atoms with E-state index in [2.05, 4.69) is 17.5 Å². The zero-order valence-corrected chi connectivity index (χ0v) is 14.1. The summed E-state index contributed by atoms with van der Waals surface area (Å²) in [6.07, 6.45) is 2.71. The van der Waals surface area contributed by atoms with Crippen LogP contribution in [0.2, 0.25) is 5.02 Å². The predicted molar refractivity (Wildman–Crippen MR) is 94.7 cm³/mol. The van der Waals surface area contributed by atoms with Crippen molar-refractivity contribution in [3.8, 4) is 11.5 Å². The molecule has 0 atom stereocenters. The van der Waals surface area contributed by atoms with Crippen LogP contribution in [0, 0.1) is 0 Å². The van der Waals surface area contributed by atoms with Crippen LogP contribution >= 0.6 is 11.6 Å². The highest BCUT2D eigenvalue weighted by Gasteiger charge is 2.04. The lowest BCUT2D eigenvalue weighted by Gasteiger charge is -2.10. The van der Waals surface area contributed by atoms with Crippen LogP contribution in [0.3, 0.4) is 0 Å². The van der Waals surface area contributed by atoms with Gasteiger partial charge in [0.05, 0.1) is 26.5 Å². The molecule has 0 aromatic heterocycles. The summed E-state index contributed by atoms with van der Waals surface area (Å²) in [5.74, 6) is 1.46. The molecule has 0 amide bonds. The number of halogens is 1. The van der Waals surface area contributed by atoms with Gasteiger partial charge in [0.1, 0.15) is 0 Å². The van der Waals surface area contributed by atoms with Gasteiger partial charge >= 0.3 is 0 Å². The quantitative estimate of drug-likeness (QED) is 0.580. The van der Waals surface area contributed by atoms with Crippen molar-refractivity contribution in [2.45, 2.75) is 19.9 Å². The van der Waals surface area contributed by atoms with Crippen LogP contribution < -0.4 is 14.9 Å². The normalized spacial score (nSPS) is 10.7. The van der Waals surface area contributed by atoms with Gasteiger partial charge in [-0.15, -0.1) is 0 Å². The van der Waals surface area contributed by atoms with Crippen molar-refractivity contribution in [1.29, 1.82) is 0 Å². The first-order chi connectivity index (χ1) is 11.2. The number of nitrogens with zero attached hydrogens (tertiary/aromatic N) is 1. The SMILES string of the molecule is CCCOc1ccc(/C=N\NCc2ccc(Cl)cc2)cc1OC. The molecule has 1 N–H and O–H groups in total. The van der Waals surface area contributed by atoms with Crippen LogP contribution in [-0.4, -0.2) is 19.9 Å². The van der Waals surface area contributed by atoms with Gasteiger partial charge in [0.2, 0.25) is 0 Å². The molecule has 0 saturated carbocycles. The number of nitrogens with one attached hydrogen (secondary N) is 1. The number of hydrogen-bond donors (Lipinski definition) is 1. The Morgan fingerprint density at radius 2 is 1.91 bits per heavy atom. The van der Waals surface area contributed by atoms with Crippen LogP contribution in [0.1, 0.15) is 24.5 Å². The first-order valence-electron chi connectivity index (χ1n) is 7.54. The standard InChI is InChI=1S/C18H21ClN2O2/c1-3-10-23-17-9-6-15(11-18(17)22-2)13-21-20-12-14-4-7-16(19)8-5-14/h4-9,11,13,20H,3,10,12H2,1-2H3/b21-13-. The number of ether oxygens (including phenoxy) is 2. The van der Waals surface area contributed by atoms with Crippen molar-refractivity contribution >= 4 is 17.8 Å². The lowest BCUT2D eigenvalue weighted by Crippen LogP contribution is -2.05. The molecule has 2 aromatic rings. The maximum atomic E-state index is 5.85. The fraction of sp³-hybridized carbons (Fsp3) is 0.278. The number of methoxy groups -OCH3 is 1. The Morgan fingerprint density at radius 3 is 2.61 bits per heavy atom. The van der Waals surface area contributed by atoms with Crippen LogP contribution in [0.5, 0.6) is 11.5 Å². The van der Waals surface area contributed by atoms with Crippen LogP contribution in [-0.2, 0) is 6.54 Å². The fourth-order valence-electron chi connectivity index (χ4n) is 1.96. The van der Waals surface area contributed by atoms with Crippen molar-refractivity contribution in [2.75, 3.05) is 13.7 Å². The lowest BCUT2D eigenvalue weighted by molar-refractivity contribution is 0.294. The van der Waals surface area contributed by atoms with Gasteiger partial charge in [0.25, 0.3) is 0 Å². The molecule has 0 radical (unpaired) electrons. The highest BCUT2D eigenvalue weighted by atomic mass is 35.5. The molecule has 0 aliphatic carbocycles. The van der Waals surface area contributed by atoms with Gasteiger partial charge in [0, 0.05) is 5.02 Å². The number of hydrazone groups is 1. The molecule has 2 rings (SSSR count). The number of hydrogen-bond acceptors (Lipinski definition) is 4. The molecular weight excluding hydrogens is 312 g/mol. The molecule has 0 bridgehead atoms. The third-order valence-electron chi connectivity index (χ3n) is 3.15. The Labute approximate surface area is 142 Å². The van der Waals surface area contributed by atoms with E-state index >= 15 is 0 Å². The van der Waals surface area contributed by atoms with E-state index in [1.165, 1.54) is 0 Å². The Bertz CT molecular complexity index is 642. The summed E-state index contributed by atoms with van der Waals surface area (Å²) in [6.45, 7) is 3.38. The molecule has 0 heterocycles. The van der Waals surface area contributed by atoms with Gasteiger partial charge in [-0.1, -0.05) is 30.7 Å². The fourth-order valence-corrected chi connectivity index (χ4v) is 2.08. The van der Waals surface area contributed by atoms with Crippen molar-refractivity contribution in [2.24, 2.45) is 5.10 Å². The Kier molecular flexibility index (Phi) is 6.76. The van der Waals surface area contributed by atoms with E-state index in [4.69, 9.17) is 21.1 Å². The summed E-state index contributed by atoms with van der Waals surface area (Å²) in [5.41, 5.74) is 5.07. The molecule has 0 saturated heterocycles. The van der Waals surface area contributed by atoms with Crippen molar-refractivity contribution in [1.82, 2.24) is 5.43 Å². The summed E-state index contributed by atoms with van der Waals surface area (Å²) >= 11 is 5.85. The average molecular weight is 333 g/mol. The van der Waals surface area contributed by atoms with E-state index in [0.717, 1.165) is 28.3 Å².